The van der Waals surface area contributed by atoms with Crippen molar-refractivity contribution in [1.82, 2.24) is 0 Å². The van der Waals surface area contributed by atoms with E-state index in [0.29, 0.717) is 23.9 Å². The molecule has 1 saturated heterocycles. The fourth-order valence-electron chi connectivity index (χ4n) is 5.83. The number of ether oxygens (including phenoxy) is 3. The number of nitrogens with zero attached hydrogens (tertiary/aromatic N) is 1. The lowest BCUT2D eigenvalue weighted by atomic mass is 10.1. The van der Waals surface area contributed by atoms with Crippen LogP contribution in [0.25, 0.3) is 0 Å². The van der Waals surface area contributed by atoms with Gasteiger partial charge >= 0.3 is 19.8 Å². The molecule has 3 unspecified atom stereocenters. The van der Waals surface area contributed by atoms with Crippen molar-refractivity contribution in [3.05, 3.63) is 60.8 Å². The number of carbonyl (C=O) groups is 2. The number of epoxide rings is 1. The Bertz CT molecular complexity index is 1220. The van der Waals surface area contributed by atoms with Crippen LogP contribution in [0.3, 0.4) is 0 Å². The fourth-order valence-corrected chi connectivity index (χ4v) is 6.58. The summed E-state index contributed by atoms with van der Waals surface area (Å²) in [6.45, 7) is 4.25. The fraction of sp³-hybridized carbons (Fsp3) is 0.739. The third kappa shape index (κ3) is 35.3. The van der Waals surface area contributed by atoms with Crippen molar-refractivity contribution >= 4 is 19.8 Å². The van der Waals surface area contributed by atoms with E-state index in [1.165, 1.54) is 51.4 Å². The molecule has 0 aromatic rings. The van der Waals surface area contributed by atoms with Gasteiger partial charge in [0, 0.05) is 12.8 Å². The molecule has 0 saturated carbocycles. The Morgan fingerprint density at radius 1 is 0.649 bits per heavy atom. The average molecular weight is 823 g/mol. The summed E-state index contributed by atoms with van der Waals surface area (Å²) in [6.07, 6.45) is 42.8. The first-order chi connectivity index (χ1) is 27.5. The van der Waals surface area contributed by atoms with Gasteiger partial charge in [0.05, 0.1) is 40.0 Å². The van der Waals surface area contributed by atoms with Crippen molar-refractivity contribution < 1.29 is 46.8 Å². The van der Waals surface area contributed by atoms with Gasteiger partial charge in [-0.15, -0.1) is 0 Å². The lowest BCUT2D eigenvalue weighted by molar-refractivity contribution is -0.870. The monoisotopic (exact) mass is 823 g/mol. The third-order valence-corrected chi connectivity index (χ3v) is 10.4. The molecule has 1 aliphatic heterocycles. The van der Waals surface area contributed by atoms with Crippen molar-refractivity contribution in [3.63, 3.8) is 0 Å². The zero-order valence-electron chi connectivity index (χ0n) is 36.5. The van der Waals surface area contributed by atoms with Gasteiger partial charge in [0.1, 0.15) is 19.8 Å². The summed E-state index contributed by atoms with van der Waals surface area (Å²) in [6, 6.07) is 0. The number of likely N-dealkylation sites (N-methyl/N-ethyl adjacent to an activating group) is 1. The number of phosphoric ester groups is 1. The normalized spacial score (nSPS) is 17.7. The molecule has 0 bridgehead atoms. The number of esters is 2. The predicted octanol–water partition coefficient (Wildman–Crippen LogP) is 11.5. The summed E-state index contributed by atoms with van der Waals surface area (Å²) in [5.74, 6) is -0.896. The van der Waals surface area contributed by atoms with E-state index in [1.807, 2.05) is 21.1 Å². The Morgan fingerprint density at radius 3 is 1.77 bits per heavy atom. The molecule has 0 radical (unpaired) electrons. The van der Waals surface area contributed by atoms with Gasteiger partial charge < -0.3 is 23.6 Å². The first kappa shape index (κ1) is 52.7. The molecule has 0 aromatic heterocycles. The van der Waals surface area contributed by atoms with Gasteiger partial charge in [-0.3, -0.25) is 18.6 Å². The molecule has 328 valence electrons. The second kappa shape index (κ2) is 34.5. The van der Waals surface area contributed by atoms with Crippen LogP contribution in [-0.2, 0) is 37.4 Å². The number of rotatable bonds is 38. The lowest BCUT2D eigenvalue weighted by Gasteiger charge is -2.24. The zero-order valence-corrected chi connectivity index (χ0v) is 37.4. The van der Waals surface area contributed by atoms with E-state index >= 15 is 0 Å². The Morgan fingerprint density at radius 2 is 1.18 bits per heavy atom. The maximum Gasteiger partial charge on any atom is 0.472 e. The molecule has 0 aliphatic carbocycles. The smallest absolute Gasteiger partial charge is 0.462 e. The van der Waals surface area contributed by atoms with E-state index in [2.05, 4.69) is 74.6 Å². The number of allylic oxidation sites excluding steroid dienone is 9. The second-order valence-corrected chi connectivity index (χ2v) is 17.6. The molecule has 0 aromatic carbocycles. The minimum absolute atomic E-state index is 0.0140. The van der Waals surface area contributed by atoms with Crippen molar-refractivity contribution in [1.29, 1.82) is 0 Å². The highest BCUT2D eigenvalue weighted by molar-refractivity contribution is 7.47. The first-order valence-corrected chi connectivity index (χ1v) is 23.6. The van der Waals surface area contributed by atoms with Gasteiger partial charge in [-0.1, -0.05) is 120 Å². The van der Waals surface area contributed by atoms with E-state index in [-0.39, 0.29) is 38.3 Å². The quantitative estimate of drug-likeness (QED) is 0.0162. The molecule has 1 N–H and O–H groups in total. The van der Waals surface area contributed by atoms with Crippen LogP contribution in [0.15, 0.2) is 60.8 Å². The summed E-state index contributed by atoms with van der Waals surface area (Å²) in [7, 11) is 1.42. The zero-order chi connectivity index (χ0) is 41.9. The molecule has 1 fully saturated rings. The molecule has 0 amide bonds. The first-order valence-electron chi connectivity index (χ1n) is 22.1. The van der Waals surface area contributed by atoms with Crippen LogP contribution in [-0.4, -0.2) is 87.1 Å². The van der Waals surface area contributed by atoms with Crippen LogP contribution in [0.5, 0.6) is 0 Å². The average Bonchev–Trinajstić information content (AvgIpc) is 3.91. The topological polar surface area (TPSA) is 121 Å². The maximum absolute atomic E-state index is 12.7. The summed E-state index contributed by atoms with van der Waals surface area (Å²) >= 11 is 0. The number of unbranched alkanes of at least 4 members (excludes halogenated alkanes) is 11. The van der Waals surface area contributed by atoms with Crippen LogP contribution < -0.4 is 0 Å². The summed E-state index contributed by atoms with van der Waals surface area (Å²) < 4.78 is 40.1. The molecule has 1 rings (SSSR count). The van der Waals surface area contributed by atoms with Crippen LogP contribution in [0.1, 0.15) is 155 Å². The Hall–Kier alpha value is -2.33. The maximum atomic E-state index is 12.7. The van der Waals surface area contributed by atoms with Gasteiger partial charge in [0.2, 0.25) is 0 Å². The van der Waals surface area contributed by atoms with E-state index < -0.39 is 32.5 Å². The minimum Gasteiger partial charge on any atom is -0.462 e. The number of carbonyl (C=O) groups excluding carboxylic acids is 2. The highest BCUT2D eigenvalue weighted by Crippen LogP contribution is 2.43. The van der Waals surface area contributed by atoms with Gasteiger partial charge in [-0.2, -0.15) is 0 Å². The molecule has 57 heavy (non-hydrogen) atoms. The summed E-state index contributed by atoms with van der Waals surface area (Å²) in [5.41, 5.74) is 0. The van der Waals surface area contributed by atoms with E-state index in [4.69, 9.17) is 23.3 Å². The van der Waals surface area contributed by atoms with Crippen LogP contribution in [0.2, 0.25) is 0 Å². The SMILES string of the molecule is CCCCC/C=C\C/C=C\C/C=C\CC1OC1CCCC(=O)OC[C@H](COP(=O)(O)OCC[N+](C)(C)C)OC(=O)CCCCCCC/C=C\C/C=C\CCCCC. The van der Waals surface area contributed by atoms with Crippen molar-refractivity contribution in [3.8, 4) is 0 Å². The highest BCUT2D eigenvalue weighted by atomic mass is 31.2. The number of hydrogen-bond donors (Lipinski definition) is 1. The van der Waals surface area contributed by atoms with Crippen molar-refractivity contribution in [2.24, 2.45) is 0 Å². The molecular weight excluding hydrogens is 741 g/mol. The molecular formula is C46H81NO9P+. The van der Waals surface area contributed by atoms with Gasteiger partial charge in [0.15, 0.2) is 6.10 Å². The predicted molar refractivity (Wildman–Crippen MR) is 233 cm³/mol. The molecule has 11 heteroatoms. The van der Waals surface area contributed by atoms with Gasteiger partial charge in [-0.05, 0) is 83.5 Å². The molecule has 4 atom stereocenters. The molecule has 1 heterocycles. The molecule has 1 aliphatic rings. The largest absolute Gasteiger partial charge is 0.472 e. The number of phosphoric acid groups is 1. The third-order valence-electron chi connectivity index (χ3n) is 9.44. The van der Waals surface area contributed by atoms with Crippen molar-refractivity contribution in [2.45, 2.75) is 173 Å². The standard InChI is InChI=1S/C46H80NO9P/c1-6-8-10-12-14-16-18-20-21-22-24-26-28-30-32-36-46(49)55-42(41-54-57(50,51)53-39-38-47(3,4)5)40-52-45(48)37-33-35-44-43(56-44)34-31-29-27-25-23-19-17-15-13-11-9-7-2/h14-17,20-21,23,25,29,31,42-44H,6-13,18-19,22,24,26-28,30,32-41H2,1-5H3/p+1/b16-14-,17-15-,21-20-,25-23-,31-29-/t42-,43?,44?/m1/s1. The molecule has 10 nitrogen and oxygen atoms in total. The summed E-state index contributed by atoms with van der Waals surface area (Å²) in [5, 5.41) is 0. The Balaban J connectivity index is 2.36. The lowest BCUT2D eigenvalue weighted by Crippen LogP contribution is -2.37. The van der Waals surface area contributed by atoms with Crippen LogP contribution >= 0.6 is 7.82 Å². The van der Waals surface area contributed by atoms with E-state index in [1.54, 1.807) is 0 Å². The minimum atomic E-state index is -4.40. The van der Waals surface area contributed by atoms with Gasteiger partial charge in [0.25, 0.3) is 0 Å². The van der Waals surface area contributed by atoms with Crippen molar-refractivity contribution in [2.75, 3.05) is 47.5 Å². The number of quaternary nitrogens is 1. The van der Waals surface area contributed by atoms with Gasteiger partial charge in [-0.25, -0.2) is 4.57 Å². The van der Waals surface area contributed by atoms with E-state index in [9.17, 15) is 19.0 Å². The number of hydrogen-bond acceptors (Lipinski definition) is 8. The molecule has 0 spiro atoms. The van der Waals surface area contributed by atoms with Crippen LogP contribution in [0, 0.1) is 0 Å². The Kier molecular flexibility index (Phi) is 31.9. The van der Waals surface area contributed by atoms with Crippen LogP contribution in [0.4, 0.5) is 0 Å². The highest BCUT2D eigenvalue weighted by Gasteiger charge is 2.36. The second-order valence-electron chi connectivity index (χ2n) is 16.1. The van der Waals surface area contributed by atoms with E-state index in [0.717, 1.165) is 64.2 Å². The Labute approximate surface area is 347 Å². The summed E-state index contributed by atoms with van der Waals surface area (Å²) in [4.78, 5) is 35.5.